The number of aromatic nitrogens is 3. The number of carbonyl (C=O) groups excluding carboxylic acids is 1. The SMILES string of the molecule is Cc1nc(C)n([C@@H]2CCCN(C(=O)CCNCC(F)(F)F)C2)n1. The number of nitrogens with zero attached hydrogens (tertiary/aromatic N) is 4. The van der Waals surface area contributed by atoms with E-state index < -0.39 is 12.7 Å². The van der Waals surface area contributed by atoms with Crippen molar-refractivity contribution in [1.29, 1.82) is 0 Å². The van der Waals surface area contributed by atoms with Crippen molar-refractivity contribution in [1.82, 2.24) is 25.0 Å². The molecule has 2 rings (SSSR count). The molecule has 9 heteroatoms. The first-order valence-corrected chi connectivity index (χ1v) is 7.71. The van der Waals surface area contributed by atoms with Gasteiger partial charge in [-0.1, -0.05) is 0 Å². The lowest BCUT2D eigenvalue weighted by Crippen LogP contribution is -2.42. The molecular formula is C14H22F3N5O. The summed E-state index contributed by atoms with van der Waals surface area (Å²) in [6.45, 7) is 3.83. The summed E-state index contributed by atoms with van der Waals surface area (Å²) in [6.07, 6.45) is -2.41. The molecule has 0 radical (unpaired) electrons. The topological polar surface area (TPSA) is 63.1 Å². The zero-order valence-electron chi connectivity index (χ0n) is 13.4. The van der Waals surface area contributed by atoms with Crippen LogP contribution in [0.5, 0.6) is 0 Å². The van der Waals surface area contributed by atoms with Gasteiger partial charge in [0, 0.05) is 26.1 Å². The van der Waals surface area contributed by atoms with E-state index in [-0.39, 0.29) is 24.9 Å². The Morgan fingerprint density at radius 3 is 2.74 bits per heavy atom. The fourth-order valence-corrected chi connectivity index (χ4v) is 2.85. The Labute approximate surface area is 133 Å². The molecule has 1 aromatic rings. The molecule has 1 fully saturated rings. The maximum Gasteiger partial charge on any atom is 0.401 e. The second-order valence-electron chi connectivity index (χ2n) is 5.83. The highest BCUT2D eigenvalue weighted by atomic mass is 19.4. The predicted octanol–water partition coefficient (Wildman–Crippen LogP) is 1.60. The standard InChI is InChI=1S/C14H22F3N5O/c1-10-19-11(2)22(20-10)12-4-3-7-21(8-12)13(23)5-6-18-9-14(15,16)17/h12,18H,3-9H2,1-2H3/t12-/m1/s1. The zero-order valence-corrected chi connectivity index (χ0v) is 13.4. The molecule has 0 spiro atoms. The van der Waals surface area contributed by atoms with Gasteiger partial charge in [-0.15, -0.1) is 0 Å². The fourth-order valence-electron chi connectivity index (χ4n) is 2.85. The van der Waals surface area contributed by atoms with Crippen molar-refractivity contribution in [2.45, 2.75) is 45.3 Å². The maximum atomic E-state index is 12.1. The summed E-state index contributed by atoms with van der Waals surface area (Å²) < 4.78 is 38.0. The number of aryl methyl sites for hydroxylation is 2. The Kier molecular flexibility index (Phi) is 5.61. The number of alkyl halides is 3. The highest BCUT2D eigenvalue weighted by Crippen LogP contribution is 2.22. The molecule has 6 nitrogen and oxygen atoms in total. The van der Waals surface area contributed by atoms with E-state index in [1.54, 1.807) is 4.90 Å². The van der Waals surface area contributed by atoms with E-state index >= 15 is 0 Å². The average molecular weight is 333 g/mol. The molecule has 0 bridgehead atoms. The molecule has 1 atom stereocenters. The molecule has 1 aliphatic heterocycles. The van der Waals surface area contributed by atoms with Crippen LogP contribution in [-0.2, 0) is 4.79 Å². The number of carbonyl (C=O) groups is 1. The summed E-state index contributed by atoms with van der Waals surface area (Å²) in [5, 5.41) is 6.61. The van der Waals surface area contributed by atoms with Crippen molar-refractivity contribution in [3.05, 3.63) is 11.6 Å². The van der Waals surface area contributed by atoms with Crippen molar-refractivity contribution in [2.75, 3.05) is 26.2 Å². The van der Waals surface area contributed by atoms with E-state index in [1.807, 2.05) is 18.5 Å². The Balaban J connectivity index is 1.83. The van der Waals surface area contributed by atoms with Crippen molar-refractivity contribution in [3.63, 3.8) is 0 Å². The molecular weight excluding hydrogens is 311 g/mol. The van der Waals surface area contributed by atoms with Crippen LogP contribution in [0.3, 0.4) is 0 Å². The normalized spacial score (nSPS) is 19.2. The molecule has 0 aromatic carbocycles. The molecule has 0 aliphatic carbocycles. The summed E-state index contributed by atoms with van der Waals surface area (Å²) >= 11 is 0. The molecule has 23 heavy (non-hydrogen) atoms. The minimum Gasteiger partial charge on any atom is -0.341 e. The lowest BCUT2D eigenvalue weighted by molar-refractivity contribution is -0.134. The van der Waals surface area contributed by atoms with Gasteiger partial charge in [-0.3, -0.25) is 4.79 Å². The summed E-state index contributed by atoms with van der Waals surface area (Å²) in [7, 11) is 0. The highest BCUT2D eigenvalue weighted by molar-refractivity contribution is 5.76. The number of amides is 1. The first kappa shape index (κ1) is 17.7. The zero-order chi connectivity index (χ0) is 17.0. The summed E-state index contributed by atoms with van der Waals surface area (Å²) in [6, 6.07) is 0.0806. The van der Waals surface area contributed by atoms with Crippen LogP contribution in [0.4, 0.5) is 13.2 Å². The Morgan fingerprint density at radius 2 is 2.13 bits per heavy atom. The van der Waals surface area contributed by atoms with Crippen LogP contribution in [0.1, 0.15) is 37.0 Å². The number of nitrogens with one attached hydrogen (secondary N) is 1. The van der Waals surface area contributed by atoms with E-state index in [9.17, 15) is 18.0 Å². The Bertz CT molecular complexity index is 543. The van der Waals surface area contributed by atoms with Gasteiger partial charge in [0.05, 0.1) is 12.6 Å². The molecule has 130 valence electrons. The van der Waals surface area contributed by atoms with Gasteiger partial charge < -0.3 is 10.2 Å². The number of hydrogen-bond donors (Lipinski definition) is 1. The molecule has 1 amide bonds. The van der Waals surface area contributed by atoms with Crippen LogP contribution >= 0.6 is 0 Å². The van der Waals surface area contributed by atoms with Crippen LogP contribution in [0, 0.1) is 13.8 Å². The number of rotatable bonds is 5. The third-order valence-corrected chi connectivity index (χ3v) is 3.84. The van der Waals surface area contributed by atoms with E-state index in [4.69, 9.17) is 0 Å². The van der Waals surface area contributed by atoms with Gasteiger partial charge in [0.15, 0.2) is 0 Å². The Morgan fingerprint density at radius 1 is 1.39 bits per heavy atom. The smallest absolute Gasteiger partial charge is 0.341 e. The number of hydrogen-bond acceptors (Lipinski definition) is 4. The van der Waals surface area contributed by atoms with Crippen LogP contribution < -0.4 is 5.32 Å². The van der Waals surface area contributed by atoms with Crippen molar-refractivity contribution in [2.24, 2.45) is 0 Å². The first-order chi connectivity index (χ1) is 10.8. The van der Waals surface area contributed by atoms with Gasteiger partial charge in [0.25, 0.3) is 0 Å². The second-order valence-corrected chi connectivity index (χ2v) is 5.83. The number of halogens is 3. The van der Waals surface area contributed by atoms with Crippen LogP contribution in [0.2, 0.25) is 0 Å². The lowest BCUT2D eigenvalue weighted by atomic mass is 10.1. The van der Waals surface area contributed by atoms with Gasteiger partial charge in [0.2, 0.25) is 5.91 Å². The average Bonchev–Trinajstić information content (AvgIpc) is 2.81. The van der Waals surface area contributed by atoms with Gasteiger partial charge >= 0.3 is 6.18 Å². The van der Waals surface area contributed by atoms with Crippen LogP contribution in [-0.4, -0.2) is 57.9 Å². The minimum absolute atomic E-state index is 0.0287. The van der Waals surface area contributed by atoms with Gasteiger partial charge in [-0.2, -0.15) is 18.3 Å². The lowest BCUT2D eigenvalue weighted by Gasteiger charge is -2.33. The molecule has 2 heterocycles. The Hall–Kier alpha value is -1.64. The second kappa shape index (κ2) is 7.29. The van der Waals surface area contributed by atoms with E-state index in [1.165, 1.54) is 0 Å². The fraction of sp³-hybridized carbons (Fsp3) is 0.786. The molecule has 1 aromatic heterocycles. The van der Waals surface area contributed by atoms with Gasteiger partial charge in [-0.25, -0.2) is 9.67 Å². The monoisotopic (exact) mass is 333 g/mol. The largest absolute Gasteiger partial charge is 0.401 e. The molecule has 0 saturated carbocycles. The maximum absolute atomic E-state index is 12.1. The summed E-state index contributed by atoms with van der Waals surface area (Å²) in [4.78, 5) is 18.1. The third-order valence-electron chi connectivity index (χ3n) is 3.84. The number of likely N-dealkylation sites (tertiary alicyclic amines) is 1. The third kappa shape index (κ3) is 5.19. The first-order valence-electron chi connectivity index (χ1n) is 7.71. The molecule has 1 aliphatic rings. The van der Waals surface area contributed by atoms with Crippen LogP contribution in [0.15, 0.2) is 0 Å². The molecule has 0 unspecified atom stereocenters. The van der Waals surface area contributed by atoms with E-state index in [0.717, 1.165) is 18.7 Å². The highest BCUT2D eigenvalue weighted by Gasteiger charge is 2.28. The quantitative estimate of drug-likeness (QED) is 0.832. The molecule has 1 N–H and O–H groups in total. The van der Waals surface area contributed by atoms with Crippen molar-refractivity contribution >= 4 is 5.91 Å². The van der Waals surface area contributed by atoms with E-state index in [0.29, 0.717) is 18.9 Å². The van der Waals surface area contributed by atoms with Crippen molar-refractivity contribution in [3.8, 4) is 0 Å². The van der Waals surface area contributed by atoms with Crippen LogP contribution in [0.25, 0.3) is 0 Å². The predicted molar refractivity (Wildman–Crippen MR) is 77.9 cm³/mol. The molecule has 1 saturated heterocycles. The minimum atomic E-state index is -4.25. The summed E-state index contributed by atoms with van der Waals surface area (Å²) in [5.74, 6) is 1.38. The van der Waals surface area contributed by atoms with E-state index in [2.05, 4.69) is 15.4 Å². The van der Waals surface area contributed by atoms with Crippen molar-refractivity contribution < 1.29 is 18.0 Å². The van der Waals surface area contributed by atoms with Gasteiger partial charge in [-0.05, 0) is 26.7 Å². The number of piperidine rings is 1. The van der Waals surface area contributed by atoms with Gasteiger partial charge in [0.1, 0.15) is 11.6 Å². The summed E-state index contributed by atoms with van der Waals surface area (Å²) in [5.41, 5.74) is 0.